The fourth-order valence-electron chi connectivity index (χ4n) is 2.61. The van der Waals surface area contributed by atoms with Gasteiger partial charge in [0.1, 0.15) is 5.57 Å². The van der Waals surface area contributed by atoms with E-state index in [4.69, 9.17) is 27.9 Å². The van der Waals surface area contributed by atoms with Crippen molar-refractivity contribution in [3.63, 3.8) is 0 Å². The summed E-state index contributed by atoms with van der Waals surface area (Å²) < 4.78 is 5.08. The molecule has 1 N–H and O–H groups in total. The van der Waals surface area contributed by atoms with Crippen LogP contribution in [0.1, 0.15) is 11.1 Å². The molecule has 1 saturated heterocycles. The number of amides is 4. The summed E-state index contributed by atoms with van der Waals surface area (Å²) in [7, 11) is 1.43. The number of halogens is 2. The number of hydrogen-bond donors (Lipinski definition) is 1. The smallest absolute Gasteiger partial charge is 0.335 e. The Labute approximate surface area is 165 Å². The van der Waals surface area contributed by atoms with Gasteiger partial charge in [0.2, 0.25) is 0 Å². The number of barbiturate groups is 1. The standard InChI is InChI=1S/C19H14Cl2N2O4/c1-10-3-5-12(6-4-10)23-18(25)13(17(24)22-19(23)26)7-11-8-14(20)16(27-2)15(21)9-11/h3-9H,1-2H3,(H,22,24,26)/b13-7-. The Kier molecular flexibility index (Phi) is 5.21. The van der Waals surface area contributed by atoms with Crippen LogP contribution in [0.25, 0.3) is 6.08 Å². The molecule has 1 aliphatic rings. The molecule has 0 spiro atoms. The number of urea groups is 1. The molecule has 0 bridgehead atoms. The summed E-state index contributed by atoms with van der Waals surface area (Å²) in [5.74, 6) is -1.25. The van der Waals surface area contributed by atoms with Crippen LogP contribution < -0.4 is 15.0 Å². The molecule has 0 aliphatic carbocycles. The zero-order valence-corrected chi connectivity index (χ0v) is 15.9. The van der Waals surface area contributed by atoms with Crippen molar-refractivity contribution in [1.29, 1.82) is 0 Å². The number of ether oxygens (including phenoxy) is 1. The number of carbonyl (C=O) groups is 3. The van der Waals surface area contributed by atoms with Crippen molar-refractivity contribution in [2.75, 3.05) is 12.0 Å². The lowest BCUT2D eigenvalue weighted by molar-refractivity contribution is -0.122. The summed E-state index contributed by atoms with van der Waals surface area (Å²) in [4.78, 5) is 38.1. The Balaban J connectivity index is 2.03. The lowest BCUT2D eigenvalue weighted by atomic mass is 10.1. The molecule has 0 atom stereocenters. The molecule has 138 valence electrons. The van der Waals surface area contributed by atoms with Crippen LogP contribution in [0.3, 0.4) is 0 Å². The van der Waals surface area contributed by atoms with Gasteiger partial charge < -0.3 is 4.74 Å². The van der Waals surface area contributed by atoms with Crippen molar-refractivity contribution >= 4 is 52.8 Å². The lowest BCUT2D eigenvalue weighted by Gasteiger charge is -2.26. The number of rotatable bonds is 3. The van der Waals surface area contributed by atoms with Gasteiger partial charge in [-0.1, -0.05) is 40.9 Å². The SMILES string of the molecule is COc1c(Cl)cc(/C=C2/C(=O)NC(=O)N(c3ccc(C)cc3)C2=O)cc1Cl. The monoisotopic (exact) mass is 404 g/mol. The van der Waals surface area contributed by atoms with E-state index in [1.807, 2.05) is 6.92 Å². The largest absolute Gasteiger partial charge is 0.494 e. The second-order valence-corrected chi connectivity index (χ2v) is 6.63. The van der Waals surface area contributed by atoms with Crippen LogP contribution in [0, 0.1) is 6.92 Å². The maximum absolute atomic E-state index is 12.8. The van der Waals surface area contributed by atoms with Crippen LogP contribution in [-0.2, 0) is 9.59 Å². The van der Waals surface area contributed by atoms with E-state index in [1.54, 1.807) is 24.3 Å². The normalized spacial score (nSPS) is 15.9. The number of nitrogens with one attached hydrogen (secondary N) is 1. The Bertz CT molecular complexity index is 961. The van der Waals surface area contributed by atoms with Crippen LogP contribution in [0.5, 0.6) is 5.75 Å². The number of imide groups is 2. The van der Waals surface area contributed by atoms with Crippen LogP contribution in [-0.4, -0.2) is 25.0 Å². The van der Waals surface area contributed by atoms with Crippen LogP contribution in [0.4, 0.5) is 10.5 Å². The van der Waals surface area contributed by atoms with Crippen molar-refractivity contribution in [2.24, 2.45) is 0 Å². The summed E-state index contributed by atoms with van der Waals surface area (Å²) in [5.41, 5.74) is 1.53. The Hall–Kier alpha value is -2.83. The number of methoxy groups -OCH3 is 1. The highest BCUT2D eigenvalue weighted by Gasteiger charge is 2.36. The van der Waals surface area contributed by atoms with Gasteiger partial charge in [0, 0.05) is 0 Å². The molecule has 6 nitrogen and oxygen atoms in total. The Morgan fingerprint density at radius 2 is 1.63 bits per heavy atom. The molecular formula is C19H14Cl2N2O4. The van der Waals surface area contributed by atoms with Gasteiger partial charge in [0.15, 0.2) is 5.75 Å². The average Bonchev–Trinajstić information content (AvgIpc) is 2.60. The molecule has 2 aromatic rings. The van der Waals surface area contributed by atoms with Gasteiger partial charge in [-0.15, -0.1) is 0 Å². The molecule has 1 fully saturated rings. The maximum Gasteiger partial charge on any atom is 0.335 e. The number of carbonyl (C=O) groups excluding carboxylic acids is 3. The first-order valence-corrected chi connectivity index (χ1v) is 8.58. The van der Waals surface area contributed by atoms with E-state index in [0.29, 0.717) is 11.3 Å². The second-order valence-electron chi connectivity index (χ2n) is 5.81. The Morgan fingerprint density at radius 3 is 2.19 bits per heavy atom. The molecule has 1 aliphatic heterocycles. The van der Waals surface area contributed by atoms with Crippen molar-refractivity contribution in [3.8, 4) is 5.75 Å². The summed E-state index contributed by atoms with van der Waals surface area (Å²) in [6.45, 7) is 1.88. The van der Waals surface area contributed by atoms with Crippen LogP contribution in [0.2, 0.25) is 10.0 Å². The van der Waals surface area contributed by atoms with Gasteiger partial charge in [0.25, 0.3) is 11.8 Å². The molecule has 8 heteroatoms. The summed E-state index contributed by atoms with van der Waals surface area (Å²) in [6, 6.07) is 8.98. The molecule has 0 saturated carbocycles. The lowest BCUT2D eigenvalue weighted by Crippen LogP contribution is -2.54. The third-order valence-electron chi connectivity index (χ3n) is 3.93. The minimum atomic E-state index is -0.809. The average molecular weight is 405 g/mol. The van der Waals surface area contributed by atoms with Gasteiger partial charge in [-0.25, -0.2) is 9.69 Å². The van der Waals surface area contributed by atoms with Crippen molar-refractivity contribution in [3.05, 3.63) is 63.1 Å². The number of hydrogen-bond acceptors (Lipinski definition) is 4. The van der Waals surface area contributed by atoms with E-state index >= 15 is 0 Å². The van der Waals surface area contributed by atoms with Gasteiger partial charge in [-0.2, -0.15) is 0 Å². The fourth-order valence-corrected chi connectivity index (χ4v) is 3.27. The third kappa shape index (κ3) is 3.67. The molecule has 0 radical (unpaired) electrons. The molecule has 0 unspecified atom stereocenters. The first-order chi connectivity index (χ1) is 12.8. The number of anilines is 1. The molecule has 3 rings (SSSR count). The minimum Gasteiger partial charge on any atom is -0.494 e. The fraction of sp³-hybridized carbons (Fsp3) is 0.105. The van der Waals surface area contributed by atoms with E-state index in [2.05, 4.69) is 5.32 Å². The Morgan fingerprint density at radius 1 is 1.04 bits per heavy atom. The molecular weight excluding hydrogens is 391 g/mol. The van der Waals surface area contributed by atoms with Gasteiger partial charge in [-0.3, -0.25) is 14.9 Å². The topological polar surface area (TPSA) is 75.7 Å². The minimum absolute atomic E-state index is 0.215. The highest BCUT2D eigenvalue weighted by atomic mass is 35.5. The number of nitrogens with zero attached hydrogens (tertiary/aromatic N) is 1. The first kappa shape index (κ1) is 18.9. The highest BCUT2D eigenvalue weighted by molar-refractivity contribution is 6.40. The second kappa shape index (κ2) is 7.42. The van der Waals surface area contributed by atoms with E-state index in [9.17, 15) is 14.4 Å². The van der Waals surface area contributed by atoms with Gasteiger partial charge >= 0.3 is 6.03 Å². The zero-order valence-electron chi connectivity index (χ0n) is 14.4. The maximum atomic E-state index is 12.8. The zero-order chi connectivity index (χ0) is 19.7. The predicted molar refractivity (Wildman–Crippen MR) is 103 cm³/mol. The van der Waals surface area contributed by atoms with Crippen LogP contribution >= 0.6 is 23.2 Å². The molecule has 27 heavy (non-hydrogen) atoms. The van der Waals surface area contributed by atoms with Crippen molar-refractivity contribution in [1.82, 2.24) is 5.32 Å². The third-order valence-corrected chi connectivity index (χ3v) is 4.49. The van der Waals surface area contributed by atoms with Gasteiger partial charge in [0.05, 0.1) is 22.8 Å². The highest BCUT2D eigenvalue weighted by Crippen LogP contribution is 2.34. The van der Waals surface area contributed by atoms with Crippen molar-refractivity contribution < 1.29 is 19.1 Å². The predicted octanol–water partition coefficient (Wildman–Crippen LogP) is 3.98. The number of aryl methyl sites for hydroxylation is 1. The first-order valence-electron chi connectivity index (χ1n) is 7.83. The summed E-state index contributed by atoms with van der Waals surface area (Å²) >= 11 is 12.2. The van der Waals surface area contributed by atoms with E-state index in [0.717, 1.165) is 10.5 Å². The van der Waals surface area contributed by atoms with E-state index in [1.165, 1.54) is 25.3 Å². The van der Waals surface area contributed by atoms with Gasteiger partial charge in [-0.05, 0) is 42.8 Å². The molecule has 2 aromatic carbocycles. The number of benzene rings is 2. The van der Waals surface area contributed by atoms with Crippen LogP contribution in [0.15, 0.2) is 42.0 Å². The van der Waals surface area contributed by atoms with E-state index in [-0.39, 0.29) is 21.4 Å². The van der Waals surface area contributed by atoms with Crippen molar-refractivity contribution in [2.45, 2.75) is 6.92 Å². The molecule has 0 aromatic heterocycles. The van der Waals surface area contributed by atoms with E-state index < -0.39 is 17.8 Å². The molecule has 1 heterocycles. The quantitative estimate of drug-likeness (QED) is 0.619. The summed E-state index contributed by atoms with van der Waals surface area (Å²) in [6.07, 6.45) is 1.32. The molecule has 4 amide bonds. The summed E-state index contributed by atoms with van der Waals surface area (Å²) in [5, 5.41) is 2.62.